The Morgan fingerprint density at radius 3 is 2.94 bits per heavy atom. The van der Waals surface area contributed by atoms with Crippen LogP contribution >= 0.6 is 11.8 Å². The summed E-state index contributed by atoms with van der Waals surface area (Å²) < 4.78 is 14.7. The molecule has 8 heteroatoms. The number of aryl methyl sites for hydroxylation is 1. The first kappa shape index (κ1) is 12.5. The summed E-state index contributed by atoms with van der Waals surface area (Å²) in [6, 6.07) is 4.00. The Hall–Kier alpha value is -1.96. The van der Waals surface area contributed by atoms with Crippen LogP contribution in [-0.4, -0.2) is 31.3 Å². The van der Waals surface area contributed by atoms with Crippen LogP contribution in [0.1, 0.15) is 15.9 Å². The van der Waals surface area contributed by atoms with E-state index < -0.39 is 11.8 Å². The maximum Gasteiger partial charge on any atom is 0.338 e. The summed E-state index contributed by atoms with van der Waals surface area (Å²) >= 11 is 1.34. The zero-order valence-electron chi connectivity index (χ0n) is 9.37. The van der Waals surface area contributed by atoms with Gasteiger partial charge in [0, 0.05) is 12.8 Å². The molecule has 0 atom stereocenters. The van der Waals surface area contributed by atoms with E-state index in [0.717, 1.165) is 6.07 Å². The van der Waals surface area contributed by atoms with Crippen LogP contribution in [0.15, 0.2) is 23.4 Å². The van der Waals surface area contributed by atoms with Crippen molar-refractivity contribution >= 4 is 17.7 Å². The van der Waals surface area contributed by atoms with Gasteiger partial charge in [-0.3, -0.25) is 0 Å². The molecule has 94 valence electrons. The lowest BCUT2D eigenvalue weighted by molar-refractivity contribution is 0.0692. The predicted molar refractivity (Wildman–Crippen MR) is 61.7 cm³/mol. The SMILES string of the molecule is Cn1nnnc1SCc1ccc(F)c(C(=O)O)c1. The fraction of sp³-hybridized carbons (Fsp3) is 0.200. The van der Waals surface area contributed by atoms with E-state index in [9.17, 15) is 9.18 Å². The van der Waals surface area contributed by atoms with Crippen LogP contribution in [0, 0.1) is 5.82 Å². The number of halogens is 1. The van der Waals surface area contributed by atoms with Crippen LogP contribution in [0.3, 0.4) is 0 Å². The number of aromatic carboxylic acids is 1. The van der Waals surface area contributed by atoms with Crippen LogP contribution in [0.2, 0.25) is 0 Å². The number of carbonyl (C=O) groups is 1. The Balaban J connectivity index is 2.13. The van der Waals surface area contributed by atoms with Crippen LogP contribution in [0.4, 0.5) is 4.39 Å². The number of hydrogen-bond acceptors (Lipinski definition) is 5. The van der Waals surface area contributed by atoms with Crippen molar-refractivity contribution in [3.05, 3.63) is 35.1 Å². The van der Waals surface area contributed by atoms with Crippen molar-refractivity contribution < 1.29 is 14.3 Å². The number of benzene rings is 1. The maximum absolute atomic E-state index is 13.2. The summed E-state index contributed by atoms with van der Waals surface area (Å²) in [5, 5.41) is 20.3. The predicted octanol–water partition coefficient (Wildman–Crippen LogP) is 1.34. The summed E-state index contributed by atoms with van der Waals surface area (Å²) in [7, 11) is 1.70. The van der Waals surface area contributed by atoms with Gasteiger partial charge in [0.25, 0.3) is 0 Å². The van der Waals surface area contributed by atoms with Gasteiger partial charge in [0.05, 0.1) is 5.56 Å². The van der Waals surface area contributed by atoms with Crippen LogP contribution < -0.4 is 0 Å². The molecule has 1 N–H and O–H groups in total. The lowest BCUT2D eigenvalue weighted by atomic mass is 10.1. The van der Waals surface area contributed by atoms with E-state index in [4.69, 9.17) is 5.11 Å². The number of carboxylic acid groups (broad SMARTS) is 1. The average molecular weight is 268 g/mol. The molecule has 1 heterocycles. The van der Waals surface area contributed by atoms with Gasteiger partial charge in [-0.1, -0.05) is 17.8 Å². The molecule has 6 nitrogen and oxygen atoms in total. The number of tetrazole rings is 1. The first-order valence-corrected chi connectivity index (χ1v) is 5.93. The molecule has 18 heavy (non-hydrogen) atoms. The third kappa shape index (κ3) is 2.65. The summed E-state index contributed by atoms with van der Waals surface area (Å²) in [5.74, 6) is -1.55. The van der Waals surface area contributed by atoms with Crippen LogP contribution in [0.25, 0.3) is 0 Å². The van der Waals surface area contributed by atoms with Crippen LogP contribution in [0.5, 0.6) is 0 Å². The molecule has 0 fully saturated rings. The highest BCUT2D eigenvalue weighted by molar-refractivity contribution is 7.98. The molecule has 1 aromatic heterocycles. The van der Waals surface area contributed by atoms with Crippen molar-refractivity contribution in [1.82, 2.24) is 20.2 Å². The number of aromatic nitrogens is 4. The molecule has 0 bridgehead atoms. The molecule has 0 aliphatic carbocycles. The Morgan fingerprint density at radius 2 is 2.33 bits per heavy atom. The Labute approximate surface area is 106 Å². The average Bonchev–Trinajstić information content (AvgIpc) is 2.73. The van der Waals surface area contributed by atoms with Crippen molar-refractivity contribution in [2.24, 2.45) is 7.05 Å². The summed E-state index contributed by atoms with van der Waals surface area (Å²) in [6.07, 6.45) is 0. The largest absolute Gasteiger partial charge is 0.478 e. The lowest BCUT2D eigenvalue weighted by Crippen LogP contribution is -2.01. The smallest absolute Gasteiger partial charge is 0.338 e. The second-order valence-electron chi connectivity index (χ2n) is 3.49. The molecular formula is C10H9FN4O2S. The number of nitrogens with zero attached hydrogens (tertiary/aromatic N) is 4. The molecule has 0 spiro atoms. The number of hydrogen-bond donors (Lipinski definition) is 1. The van der Waals surface area contributed by atoms with Gasteiger partial charge in [-0.15, -0.1) is 5.10 Å². The summed E-state index contributed by atoms with van der Waals surface area (Å²) in [5.41, 5.74) is 0.367. The summed E-state index contributed by atoms with van der Waals surface area (Å²) in [6.45, 7) is 0. The van der Waals surface area contributed by atoms with Gasteiger partial charge in [-0.25, -0.2) is 13.9 Å². The van der Waals surface area contributed by atoms with Gasteiger partial charge in [-0.05, 0) is 28.1 Å². The normalized spacial score (nSPS) is 10.6. The van der Waals surface area contributed by atoms with Gasteiger partial charge in [-0.2, -0.15) is 0 Å². The Morgan fingerprint density at radius 1 is 1.56 bits per heavy atom. The molecule has 0 saturated heterocycles. The minimum absolute atomic E-state index is 0.329. The number of carboxylic acids is 1. The van der Waals surface area contributed by atoms with Crippen molar-refractivity contribution in [3.8, 4) is 0 Å². The topological polar surface area (TPSA) is 80.9 Å². The monoisotopic (exact) mass is 268 g/mol. The standard InChI is InChI=1S/C10H9FN4O2S/c1-15-10(12-13-14-15)18-5-6-2-3-8(11)7(4-6)9(16)17/h2-4H,5H2,1H3,(H,16,17). The molecule has 0 radical (unpaired) electrons. The van der Waals surface area contributed by atoms with Gasteiger partial charge in [0.1, 0.15) is 5.82 Å². The van der Waals surface area contributed by atoms with Gasteiger partial charge >= 0.3 is 5.97 Å². The zero-order chi connectivity index (χ0) is 13.1. The number of rotatable bonds is 4. The molecule has 0 aliphatic heterocycles. The fourth-order valence-corrected chi connectivity index (χ4v) is 2.11. The minimum atomic E-state index is -1.28. The van der Waals surface area contributed by atoms with E-state index in [0.29, 0.717) is 16.5 Å². The lowest BCUT2D eigenvalue weighted by Gasteiger charge is -2.03. The first-order chi connectivity index (χ1) is 8.58. The van der Waals surface area contributed by atoms with Gasteiger partial charge < -0.3 is 5.11 Å². The minimum Gasteiger partial charge on any atom is -0.478 e. The van der Waals surface area contributed by atoms with E-state index in [1.807, 2.05) is 0 Å². The number of thioether (sulfide) groups is 1. The molecule has 2 rings (SSSR count). The molecule has 0 unspecified atom stereocenters. The Bertz CT molecular complexity index is 587. The van der Waals surface area contributed by atoms with Crippen molar-refractivity contribution in [1.29, 1.82) is 0 Å². The van der Waals surface area contributed by atoms with Crippen molar-refractivity contribution in [3.63, 3.8) is 0 Å². The Kier molecular flexibility index (Phi) is 3.56. The molecular weight excluding hydrogens is 259 g/mol. The maximum atomic E-state index is 13.2. The summed E-state index contributed by atoms with van der Waals surface area (Å²) in [4.78, 5) is 10.8. The van der Waals surface area contributed by atoms with Crippen molar-refractivity contribution in [2.75, 3.05) is 0 Å². The van der Waals surface area contributed by atoms with E-state index in [2.05, 4.69) is 15.5 Å². The zero-order valence-corrected chi connectivity index (χ0v) is 10.2. The van der Waals surface area contributed by atoms with E-state index >= 15 is 0 Å². The first-order valence-electron chi connectivity index (χ1n) is 4.95. The van der Waals surface area contributed by atoms with Gasteiger partial charge in [0.15, 0.2) is 0 Å². The highest BCUT2D eigenvalue weighted by Gasteiger charge is 2.11. The highest BCUT2D eigenvalue weighted by atomic mass is 32.2. The van der Waals surface area contributed by atoms with Crippen molar-refractivity contribution in [2.45, 2.75) is 10.9 Å². The third-order valence-electron chi connectivity index (χ3n) is 2.21. The third-order valence-corrected chi connectivity index (χ3v) is 3.29. The molecule has 0 saturated carbocycles. The second-order valence-corrected chi connectivity index (χ2v) is 4.44. The quantitative estimate of drug-likeness (QED) is 0.843. The highest BCUT2D eigenvalue weighted by Crippen LogP contribution is 2.21. The van der Waals surface area contributed by atoms with E-state index in [1.165, 1.54) is 22.5 Å². The van der Waals surface area contributed by atoms with E-state index in [1.54, 1.807) is 13.1 Å². The van der Waals surface area contributed by atoms with E-state index in [-0.39, 0.29) is 5.56 Å². The molecule has 0 aliphatic rings. The van der Waals surface area contributed by atoms with Crippen LogP contribution in [-0.2, 0) is 12.8 Å². The molecule has 2 aromatic rings. The van der Waals surface area contributed by atoms with Gasteiger partial charge in [0.2, 0.25) is 5.16 Å². The molecule has 1 aromatic carbocycles. The fourth-order valence-electron chi connectivity index (χ4n) is 1.32. The molecule has 0 amide bonds. The second kappa shape index (κ2) is 5.13.